The lowest BCUT2D eigenvalue weighted by molar-refractivity contribution is -0.128. The van der Waals surface area contributed by atoms with Crippen molar-refractivity contribution < 1.29 is 9.90 Å². The van der Waals surface area contributed by atoms with Crippen LogP contribution in [0.25, 0.3) is 0 Å². The Morgan fingerprint density at radius 2 is 1.76 bits per heavy atom. The average Bonchev–Trinajstić information content (AvgIpc) is 2.98. The van der Waals surface area contributed by atoms with Crippen LogP contribution in [0.15, 0.2) is 35.0 Å². The summed E-state index contributed by atoms with van der Waals surface area (Å²) < 4.78 is 0. The fourth-order valence-corrected chi connectivity index (χ4v) is 3.12. The van der Waals surface area contributed by atoms with Crippen molar-refractivity contribution in [3.8, 4) is 0 Å². The van der Waals surface area contributed by atoms with Crippen molar-refractivity contribution in [3.05, 3.63) is 44.8 Å². The molecule has 2 heterocycles. The molecule has 2 N–H and O–H groups in total. The third-order valence-corrected chi connectivity index (χ3v) is 4.20. The molecule has 0 saturated heterocycles. The van der Waals surface area contributed by atoms with E-state index in [1.54, 1.807) is 22.7 Å². The molecule has 0 unspecified atom stereocenters. The normalized spacial score (nSPS) is 12.6. The Labute approximate surface area is 108 Å². The highest BCUT2D eigenvalue weighted by molar-refractivity contribution is 7.11. The number of amides is 1. The van der Waals surface area contributed by atoms with E-state index >= 15 is 0 Å². The van der Waals surface area contributed by atoms with Gasteiger partial charge in [-0.15, -0.1) is 22.7 Å². The molecule has 0 aliphatic rings. The van der Waals surface area contributed by atoms with E-state index in [0.717, 1.165) is 9.75 Å². The van der Waals surface area contributed by atoms with Crippen molar-refractivity contribution in [2.24, 2.45) is 0 Å². The predicted molar refractivity (Wildman–Crippen MR) is 70.3 cm³/mol. The summed E-state index contributed by atoms with van der Waals surface area (Å²) in [5, 5.41) is 16.1. The minimum Gasteiger partial charge on any atom is -0.384 e. The first-order valence-corrected chi connectivity index (χ1v) is 6.99. The largest absolute Gasteiger partial charge is 0.384 e. The first-order valence-electron chi connectivity index (χ1n) is 5.23. The summed E-state index contributed by atoms with van der Waals surface area (Å²) in [5.41, 5.74) is 0. The second kappa shape index (κ2) is 5.44. The molecule has 2 aromatic rings. The fraction of sp³-hybridized carbons (Fsp3) is 0.250. The van der Waals surface area contributed by atoms with Crippen molar-refractivity contribution in [2.45, 2.75) is 19.1 Å². The molecule has 17 heavy (non-hydrogen) atoms. The number of nitrogens with one attached hydrogen (secondary N) is 1. The molecule has 0 aliphatic heterocycles. The second-order valence-electron chi connectivity index (χ2n) is 3.65. The molecule has 3 nitrogen and oxygen atoms in total. The molecule has 0 radical (unpaired) electrons. The Kier molecular flexibility index (Phi) is 3.93. The average molecular weight is 267 g/mol. The first kappa shape index (κ1) is 12.3. The predicted octanol–water partition coefficient (Wildman–Crippen LogP) is 2.40. The lowest BCUT2D eigenvalue weighted by Gasteiger charge is -2.17. The Bertz CT molecular complexity index is 428. The van der Waals surface area contributed by atoms with Gasteiger partial charge in [-0.1, -0.05) is 12.1 Å². The van der Waals surface area contributed by atoms with Crippen molar-refractivity contribution in [3.63, 3.8) is 0 Å². The van der Waals surface area contributed by atoms with Crippen LogP contribution in [0.2, 0.25) is 0 Å². The number of aliphatic hydroxyl groups excluding tert-OH is 1. The highest BCUT2D eigenvalue weighted by atomic mass is 32.1. The molecular formula is C12H13NO2S2. The maximum absolute atomic E-state index is 11.6. The summed E-state index contributed by atoms with van der Waals surface area (Å²) in [6, 6.07) is 7.72. The standard InChI is InChI=1S/C12H13NO2S2/c1-8(14)12(15)13-11(9-4-2-6-16-9)10-5-3-7-17-10/h2-8,11,14H,1H3,(H,13,15)/t8-/m0/s1. The second-order valence-corrected chi connectivity index (χ2v) is 5.61. The van der Waals surface area contributed by atoms with Crippen LogP contribution in [0, 0.1) is 0 Å². The van der Waals surface area contributed by atoms with Crippen molar-refractivity contribution in [1.29, 1.82) is 0 Å². The van der Waals surface area contributed by atoms with Gasteiger partial charge in [0.05, 0.1) is 6.04 Å². The summed E-state index contributed by atoms with van der Waals surface area (Å²) in [6.45, 7) is 1.47. The minimum absolute atomic E-state index is 0.155. The maximum Gasteiger partial charge on any atom is 0.249 e. The molecule has 5 heteroatoms. The van der Waals surface area contributed by atoms with E-state index < -0.39 is 6.10 Å². The summed E-state index contributed by atoms with van der Waals surface area (Å²) in [5.74, 6) is -0.350. The molecule has 2 aromatic heterocycles. The van der Waals surface area contributed by atoms with Gasteiger partial charge < -0.3 is 10.4 Å². The molecule has 90 valence electrons. The van der Waals surface area contributed by atoms with Gasteiger partial charge in [0.25, 0.3) is 0 Å². The van der Waals surface area contributed by atoms with E-state index in [1.165, 1.54) is 6.92 Å². The van der Waals surface area contributed by atoms with E-state index in [-0.39, 0.29) is 11.9 Å². The number of hydrogen-bond donors (Lipinski definition) is 2. The van der Waals surface area contributed by atoms with Crippen LogP contribution in [-0.4, -0.2) is 17.1 Å². The number of aliphatic hydroxyl groups is 1. The van der Waals surface area contributed by atoms with E-state index in [0.29, 0.717) is 0 Å². The van der Waals surface area contributed by atoms with Gasteiger partial charge in [-0.2, -0.15) is 0 Å². The van der Waals surface area contributed by atoms with Crippen molar-refractivity contribution in [1.82, 2.24) is 5.32 Å². The molecule has 2 rings (SSSR count). The Balaban J connectivity index is 2.23. The third-order valence-electron chi connectivity index (χ3n) is 2.32. The summed E-state index contributed by atoms with van der Waals surface area (Å²) in [4.78, 5) is 13.7. The minimum atomic E-state index is -0.988. The molecule has 0 saturated carbocycles. The van der Waals surface area contributed by atoms with Gasteiger partial charge in [-0.25, -0.2) is 0 Å². The zero-order chi connectivity index (χ0) is 12.3. The smallest absolute Gasteiger partial charge is 0.249 e. The fourth-order valence-electron chi connectivity index (χ4n) is 1.46. The summed E-state index contributed by atoms with van der Waals surface area (Å²) in [7, 11) is 0. The molecule has 0 fully saturated rings. The van der Waals surface area contributed by atoms with Crippen LogP contribution < -0.4 is 5.32 Å². The summed E-state index contributed by atoms with van der Waals surface area (Å²) in [6.07, 6.45) is -0.988. The Morgan fingerprint density at radius 3 is 2.12 bits per heavy atom. The lowest BCUT2D eigenvalue weighted by Crippen LogP contribution is -2.35. The number of carbonyl (C=O) groups excluding carboxylic acids is 1. The van der Waals surface area contributed by atoms with E-state index in [4.69, 9.17) is 0 Å². The Morgan fingerprint density at radius 1 is 1.24 bits per heavy atom. The zero-order valence-electron chi connectivity index (χ0n) is 9.29. The lowest BCUT2D eigenvalue weighted by atomic mass is 10.2. The van der Waals surface area contributed by atoms with Crippen molar-refractivity contribution >= 4 is 28.6 Å². The van der Waals surface area contributed by atoms with Crippen LogP contribution in [0.3, 0.4) is 0 Å². The number of rotatable bonds is 4. The molecule has 0 bridgehead atoms. The molecule has 0 spiro atoms. The van der Waals surface area contributed by atoms with Gasteiger partial charge in [0, 0.05) is 9.75 Å². The van der Waals surface area contributed by atoms with Crippen LogP contribution in [0.5, 0.6) is 0 Å². The van der Waals surface area contributed by atoms with E-state index in [1.807, 2.05) is 35.0 Å². The van der Waals surface area contributed by atoms with E-state index in [9.17, 15) is 9.90 Å². The topological polar surface area (TPSA) is 49.3 Å². The third kappa shape index (κ3) is 2.94. The molecule has 1 atom stereocenters. The van der Waals surface area contributed by atoms with Gasteiger partial charge >= 0.3 is 0 Å². The van der Waals surface area contributed by atoms with E-state index in [2.05, 4.69) is 5.32 Å². The van der Waals surface area contributed by atoms with Gasteiger partial charge in [0.1, 0.15) is 6.10 Å². The van der Waals surface area contributed by atoms with Crippen LogP contribution in [0.4, 0.5) is 0 Å². The molecular weight excluding hydrogens is 254 g/mol. The van der Waals surface area contributed by atoms with Gasteiger partial charge in [-0.3, -0.25) is 4.79 Å². The number of hydrogen-bond acceptors (Lipinski definition) is 4. The SMILES string of the molecule is C[C@H](O)C(=O)NC(c1cccs1)c1cccs1. The van der Waals surface area contributed by atoms with Gasteiger partial charge in [-0.05, 0) is 29.8 Å². The van der Waals surface area contributed by atoms with Crippen LogP contribution >= 0.6 is 22.7 Å². The number of carbonyl (C=O) groups is 1. The molecule has 1 amide bonds. The first-order chi connectivity index (χ1) is 8.18. The van der Waals surface area contributed by atoms with Gasteiger partial charge in [0.2, 0.25) is 5.91 Å². The maximum atomic E-state index is 11.6. The Hall–Kier alpha value is -1.17. The molecule has 0 aliphatic carbocycles. The number of thiophene rings is 2. The monoisotopic (exact) mass is 267 g/mol. The van der Waals surface area contributed by atoms with Crippen molar-refractivity contribution in [2.75, 3.05) is 0 Å². The van der Waals surface area contributed by atoms with Crippen LogP contribution in [-0.2, 0) is 4.79 Å². The highest BCUT2D eigenvalue weighted by Crippen LogP contribution is 2.29. The summed E-state index contributed by atoms with van der Waals surface area (Å²) >= 11 is 3.19. The zero-order valence-corrected chi connectivity index (χ0v) is 10.9. The highest BCUT2D eigenvalue weighted by Gasteiger charge is 2.20. The quantitative estimate of drug-likeness (QED) is 0.893. The van der Waals surface area contributed by atoms with Crippen LogP contribution in [0.1, 0.15) is 22.7 Å². The molecule has 0 aromatic carbocycles. The van der Waals surface area contributed by atoms with Gasteiger partial charge in [0.15, 0.2) is 0 Å².